The van der Waals surface area contributed by atoms with Crippen LogP contribution in [0.5, 0.6) is 11.5 Å². The highest BCUT2D eigenvalue weighted by molar-refractivity contribution is 5.95. The SMILES string of the molecule is COc1cc(OC)cc(C(=O)N[C@H](C)c2ccc(F)cc2)c1. The molecule has 0 spiro atoms. The Balaban J connectivity index is 2.16. The highest BCUT2D eigenvalue weighted by Gasteiger charge is 2.13. The number of nitrogens with one attached hydrogen (secondary N) is 1. The van der Waals surface area contributed by atoms with Crippen molar-refractivity contribution in [2.24, 2.45) is 0 Å². The van der Waals surface area contributed by atoms with Gasteiger partial charge in [-0.05, 0) is 36.8 Å². The summed E-state index contributed by atoms with van der Waals surface area (Å²) in [5.74, 6) is 0.520. The highest BCUT2D eigenvalue weighted by Crippen LogP contribution is 2.23. The number of halogens is 1. The topological polar surface area (TPSA) is 47.6 Å². The first-order valence-electron chi connectivity index (χ1n) is 6.83. The first-order chi connectivity index (χ1) is 10.5. The summed E-state index contributed by atoms with van der Waals surface area (Å²) in [6, 6.07) is 10.7. The number of hydrogen-bond donors (Lipinski definition) is 1. The third kappa shape index (κ3) is 3.75. The van der Waals surface area contributed by atoms with E-state index in [0.717, 1.165) is 5.56 Å². The van der Waals surface area contributed by atoms with Crippen LogP contribution in [0.1, 0.15) is 28.9 Å². The van der Waals surface area contributed by atoms with Gasteiger partial charge in [-0.25, -0.2) is 4.39 Å². The lowest BCUT2D eigenvalue weighted by Gasteiger charge is -2.15. The Hall–Kier alpha value is -2.56. The van der Waals surface area contributed by atoms with E-state index in [1.54, 1.807) is 30.3 Å². The molecular weight excluding hydrogens is 285 g/mol. The fourth-order valence-corrected chi connectivity index (χ4v) is 2.05. The zero-order chi connectivity index (χ0) is 16.1. The van der Waals surface area contributed by atoms with Gasteiger partial charge in [0, 0.05) is 11.6 Å². The number of ether oxygens (including phenoxy) is 2. The summed E-state index contributed by atoms with van der Waals surface area (Å²) in [5, 5.41) is 2.86. The number of rotatable bonds is 5. The van der Waals surface area contributed by atoms with Gasteiger partial charge in [0.2, 0.25) is 0 Å². The van der Waals surface area contributed by atoms with Gasteiger partial charge < -0.3 is 14.8 Å². The van der Waals surface area contributed by atoms with Gasteiger partial charge in [-0.15, -0.1) is 0 Å². The molecule has 2 aromatic carbocycles. The van der Waals surface area contributed by atoms with E-state index in [0.29, 0.717) is 17.1 Å². The zero-order valence-corrected chi connectivity index (χ0v) is 12.7. The number of amides is 1. The molecule has 1 atom stereocenters. The van der Waals surface area contributed by atoms with Gasteiger partial charge in [-0.1, -0.05) is 12.1 Å². The number of hydrogen-bond acceptors (Lipinski definition) is 3. The molecule has 0 fully saturated rings. The maximum atomic E-state index is 12.9. The Morgan fingerprint density at radius 1 is 1.05 bits per heavy atom. The van der Waals surface area contributed by atoms with Crippen LogP contribution >= 0.6 is 0 Å². The predicted octanol–water partition coefficient (Wildman–Crippen LogP) is 3.33. The van der Waals surface area contributed by atoms with Gasteiger partial charge in [0.1, 0.15) is 17.3 Å². The average Bonchev–Trinajstić information content (AvgIpc) is 2.54. The van der Waals surface area contributed by atoms with E-state index in [-0.39, 0.29) is 17.8 Å². The standard InChI is InChI=1S/C17H18FNO3/c1-11(12-4-6-14(18)7-5-12)19-17(20)13-8-15(21-2)10-16(9-13)22-3/h4-11H,1-3H3,(H,19,20)/t11-/m1/s1. The summed E-state index contributed by atoms with van der Waals surface area (Å²) in [4.78, 5) is 12.3. The largest absolute Gasteiger partial charge is 0.497 e. The minimum Gasteiger partial charge on any atom is -0.497 e. The molecule has 1 N–H and O–H groups in total. The maximum Gasteiger partial charge on any atom is 0.252 e. The van der Waals surface area contributed by atoms with Gasteiger partial charge in [-0.2, -0.15) is 0 Å². The van der Waals surface area contributed by atoms with Crippen molar-refractivity contribution in [3.05, 3.63) is 59.4 Å². The first kappa shape index (κ1) is 15.8. The molecule has 0 unspecified atom stereocenters. The molecule has 0 saturated carbocycles. The van der Waals surface area contributed by atoms with Crippen molar-refractivity contribution in [2.75, 3.05) is 14.2 Å². The molecule has 0 bridgehead atoms. The molecule has 116 valence electrons. The molecule has 0 aliphatic carbocycles. The summed E-state index contributed by atoms with van der Waals surface area (Å²) in [6.07, 6.45) is 0. The van der Waals surface area contributed by atoms with Crippen molar-refractivity contribution in [1.82, 2.24) is 5.32 Å². The summed E-state index contributed by atoms with van der Waals surface area (Å²) in [5.41, 5.74) is 1.26. The van der Waals surface area contributed by atoms with E-state index in [1.165, 1.54) is 26.4 Å². The lowest BCUT2D eigenvalue weighted by atomic mass is 10.1. The van der Waals surface area contributed by atoms with E-state index in [2.05, 4.69) is 5.32 Å². The monoisotopic (exact) mass is 303 g/mol. The Kier molecular flexibility index (Phi) is 4.99. The summed E-state index contributed by atoms with van der Waals surface area (Å²) >= 11 is 0. The van der Waals surface area contributed by atoms with Crippen molar-refractivity contribution in [1.29, 1.82) is 0 Å². The van der Waals surface area contributed by atoms with Crippen molar-refractivity contribution < 1.29 is 18.7 Å². The second kappa shape index (κ2) is 6.93. The van der Waals surface area contributed by atoms with Crippen LogP contribution in [-0.2, 0) is 0 Å². The van der Waals surface area contributed by atoms with Crippen LogP contribution in [0.3, 0.4) is 0 Å². The second-order valence-corrected chi connectivity index (χ2v) is 4.85. The molecule has 4 nitrogen and oxygen atoms in total. The summed E-state index contributed by atoms with van der Waals surface area (Å²) < 4.78 is 23.2. The molecule has 0 aromatic heterocycles. The zero-order valence-electron chi connectivity index (χ0n) is 12.7. The molecule has 0 saturated heterocycles. The van der Waals surface area contributed by atoms with Crippen molar-refractivity contribution in [2.45, 2.75) is 13.0 Å². The maximum absolute atomic E-state index is 12.9. The van der Waals surface area contributed by atoms with Crippen molar-refractivity contribution in [3.63, 3.8) is 0 Å². The van der Waals surface area contributed by atoms with Crippen LogP contribution in [0.15, 0.2) is 42.5 Å². The first-order valence-corrected chi connectivity index (χ1v) is 6.83. The average molecular weight is 303 g/mol. The molecule has 5 heteroatoms. The van der Waals surface area contributed by atoms with Crippen LogP contribution in [0.2, 0.25) is 0 Å². The van der Waals surface area contributed by atoms with Gasteiger partial charge in [0.25, 0.3) is 5.91 Å². The van der Waals surface area contributed by atoms with Gasteiger partial charge >= 0.3 is 0 Å². The van der Waals surface area contributed by atoms with Crippen molar-refractivity contribution in [3.8, 4) is 11.5 Å². The smallest absolute Gasteiger partial charge is 0.252 e. The van der Waals surface area contributed by atoms with E-state index >= 15 is 0 Å². The molecule has 0 radical (unpaired) electrons. The van der Waals surface area contributed by atoms with Crippen LogP contribution in [0, 0.1) is 5.82 Å². The fourth-order valence-electron chi connectivity index (χ4n) is 2.05. The fraction of sp³-hybridized carbons (Fsp3) is 0.235. The van der Waals surface area contributed by atoms with Gasteiger partial charge in [0.15, 0.2) is 0 Å². The van der Waals surface area contributed by atoms with E-state index in [9.17, 15) is 9.18 Å². The minimum atomic E-state index is -0.306. The third-order valence-electron chi connectivity index (χ3n) is 3.33. The van der Waals surface area contributed by atoms with Gasteiger partial charge in [0.05, 0.1) is 20.3 Å². The molecule has 22 heavy (non-hydrogen) atoms. The Bertz CT molecular complexity index is 633. The Labute approximate surface area is 128 Å². The van der Waals surface area contributed by atoms with E-state index in [1.807, 2.05) is 6.92 Å². The van der Waals surface area contributed by atoms with Crippen molar-refractivity contribution >= 4 is 5.91 Å². The normalized spacial score (nSPS) is 11.6. The number of methoxy groups -OCH3 is 2. The lowest BCUT2D eigenvalue weighted by molar-refractivity contribution is 0.0939. The third-order valence-corrected chi connectivity index (χ3v) is 3.33. The molecule has 0 aliphatic heterocycles. The molecule has 1 amide bonds. The number of carbonyl (C=O) groups is 1. The van der Waals surface area contributed by atoms with Crippen LogP contribution in [0.4, 0.5) is 4.39 Å². The summed E-state index contributed by atoms with van der Waals surface area (Å²) in [7, 11) is 3.05. The summed E-state index contributed by atoms with van der Waals surface area (Å²) in [6.45, 7) is 1.84. The number of carbonyl (C=O) groups excluding carboxylic acids is 1. The Morgan fingerprint density at radius 3 is 2.09 bits per heavy atom. The van der Waals surface area contributed by atoms with E-state index in [4.69, 9.17) is 9.47 Å². The molecule has 0 heterocycles. The number of benzene rings is 2. The highest BCUT2D eigenvalue weighted by atomic mass is 19.1. The molecule has 0 aliphatic rings. The molecule has 2 aromatic rings. The minimum absolute atomic E-state index is 0.245. The lowest BCUT2D eigenvalue weighted by Crippen LogP contribution is -2.26. The van der Waals surface area contributed by atoms with Crippen LogP contribution < -0.4 is 14.8 Å². The van der Waals surface area contributed by atoms with E-state index < -0.39 is 0 Å². The van der Waals surface area contributed by atoms with Gasteiger partial charge in [-0.3, -0.25) is 4.79 Å². The quantitative estimate of drug-likeness (QED) is 0.921. The second-order valence-electron chi connectivity index (χ2n) is 4.85. The van der Waals surface area contributed by atoms with Crippen LogP contribution in [-0.4, -0.2) is 20.1 Å². The predicted molar refractivity (Wildman–Crippen MR) is 81.8 cm³/mol. The molecule has 2 rings (SSSR count). The van der Waals surface area contributed by atoms with Crippen LogP contribution in [0.25, 0.3) is 0 Å². The Morgan fingerprint density at radius 2 is 1.59 bits per heavy atom. The molecular formula is C17H18FNO3.